The fraction of sp³-hybridized carbons (Fsp3) is 0.727. The minimum Gasteiger partial charge on any atom is -0.378 e. The first-order valence-corrected chi connectivity index (χ1v) is 6.60. The van der Waals surface area contributed by atoms with Crippen LogP contribution in [0, 0.1) is 0 Å². The maximum atomic E-state index is 5.73. The Balaban J connectivity index is 2.19. The first-order chi connectivity index (χ1) is 8.26. The molecule has 5 nitrogen and oxygen atoms in total. The van der Waals surface area contributed by atoms with Crippen molar-refractivity contribution in [2.75, 3.05) is 31.8 Å². The van der Waals surface area contributed by atoms with Crippen LogP contribution in [0.15, 0.2) is 0 Å². The highest BCUT2D eigenvalue weighted by atomic mass is 32.1. The predicted octanol–water partition coefficient (Wildman–Crippen LogP) is 0.973. The van der Waals surface area contributed by atoms with Gasteiger partial charge in [-0.15, -0.1) is 11.3 Å². The van der Waals surface area contributed by atoms with Gasteiger partial charge < -0.3 is 20.1 Å². The number of nitrogens with two attached hydrogens (primary N) is 1. The quantitative estimate of drug-likeness (QED) is 0.871. The summed E-state index contributed by atoms with van der Waals surface area (Å²) in [7, 11) is 1.68. The molecular weight excluding hydrogens is 238 g/mol. The number of anilines is 1. The molecule has 2 heterocycles. The molecular formula is C11H19N3O2S. The lowest BCUT2D eigenvalue weighted by atomic mass is 10.3. The number of hydrogen-bond acceptors (Lipinski definition) is 6. The van der Waals surface area contributed by atoms with Crippen LogP contribution < -0.4 is 10.6 Å². The zero-order valence-electron chi connectivity index (χ0n) is 10.3. The summed E-state index contributed by atoms with van der Waals surface area (Å²) in [6.07, 6.45) is 0. The molecule has 1 unspecified atom stereocenters. The van der Waals surface area contributed by atoms with Crippen molar-refractivity contribution in [3.63, 3.8) is 0 Å². The van der Waals surface area contributed by atoms with Crippen molar-refractivity contribution in [1.82, 2.24) is 4.98 Å². The van der Waals surface area contributed by atoms with E-state index in [0.29, 0.717) is 19.2 Å². The number of ether oxygens (including phenoxy) is 2. The third-order valence-electron chi connectivity index (χ3n) is 2.85. The third kappa shape index (κ3) is 2.77. The van der Waals surface area contributed by atoms with Crippen molar-refractivity contribution >= 4 is 16.5 Å². The first-order valence-electron chi connectivity index (χ1n) is 5.78. The highest BCUT2D eigenvalue weighted by Gasteiger charge is 2.23. The van der Waals surface area contributed by atoms with Crippen molar-refractivity contribution in [2.24, 2.45) is 5.73 Å². The molecule has 96 valence electrons. The maximum absolute atomic E-state index is 5.73. The molecule has 2 rings (SSSR count). The summed E-state index contributed by atoms with van der Waals surface area (Å²) in [5.41, 5.74) is 6.70. The van der Waals surface area contributed by atoms with Crippen molar-refractivity contribution < 1.29 is 9.47 Å². The largest absolute Gasteiger partial charge is 0.378 e. The fourth-order valence-corrected chi connectivity index (χ4v) is 2.98. The Bertz CT molecular complexity index is 370. The molecule has 0 bridgehead atoms. The van der Waals surface area contributed by atoms with Gasteiger partial charge in [0.25, 0.3) is 0 Å². The molecule has 1 aliphatic rings. The van der Waals surface area contributed by atoms with Gasteiger partial charge in [0, 0.05) is 25.1 Å². The molecule has 1 fully saturated rings. The van der Waals surface area contributed by atoms with E-state index in [4.69, 9.17) is 15.2 Å². The van der Waals surface area contributed by atoms with Crippen molar-refractivity contribution in [2.45, 2.75) is 26.1 Å². The average Bonchev–Trinajstić information content (AvgIpc) is 2.73. The van der Waals surface area contributed by atoms with Gasteiger partial charge in [0.15, 0.2) is 5.13 Å². The van der Waals surface area contributed by atoms with Gasteiger partial charge in [-0.3, -0.25) is 0 Å². The van der Waals surface area contributed by atoms with Crippen LogP contribution in [0.1, 0.15) is 17.5 Å². The standard InChI is InChI=1S/C11H19N3O2S/c1-8-6-16-4-3-14(8)11-13-9(7-15-2)10(5-12)17-11/h8H,3-7,12H2,1-2H3. The minimum absolute atomic E-state index is 0.371. The molecule has 0 amide bonds. The van der Waals surface area contributed by atoms with Gasteiger partial charge in [-0.25, -0.2) is 4.98 Å². The molecule has 0 aliphatic carbocycles. The summed E-state index contributed by atoms with van der Waals surface area (Å²) in [6.45, 7) is 5.62. The van der Waals surface area contributed by atoms with E-state index >= 15 is 0 Å². The molecule has 0 spiro atoms. The molecule has 1 aromatic heterocycles. The third-order valence-corrected chi connectivity index (χ3v) is 4.00. The van der Waals surface area contributed by atoms with E-state index in [1.54, 1.807) is 18.4 Å². The summed E-state index contributed by atoms with van der Waals surface area (Å²) < 4.78 is 10.6. The molecule has 1 aromatic rings. The summed E-state index contributed by atoms with van der Waals surface area (Å²) in [5, 5.41) is 1.04. The number of morpholine rings is 1. The Kier molecular flexibility index (Phi) is 4.33. The molecule has 17 heavy (non-hydrogen) atoms. The van der Waals surface area contributed by atoms with Gasteiger partial charge in [0.05, 0.1) is 31.6 Å². The second-order valence-corrected chi connectivity index (χ2v) is 5.18. The lowest BCUT2D eigenvalue weighted by Gasteiger charge is -2.32. The van der Waals surface area contributed by atoms with Crippen LogP contribution in [0.25, 0.3) is 0 Å². The van der Waals surface area contributed by atoms with Crippen LogP contribution in [-0.4, -0.2) is 37.9 Å². The highest BCUT2D eigenvalue weighted by molar-refractivity contribution is 7.15. The molecule has 2 N–H and O–H groups in total. The van der Waals surface area contributed by atoms with E-state index in [2.05, 4.69) is 16.8 Å². The summed E-state index contributed by atoms with van der Waals surface area (Å²) >= 11 is 1.66. The Labute approximate surface area is 106 Å². The number of rotatable bonds is 4. The van der Waals surface area contributed by atoms with Gasteiger partial charge in [-0.2, -0.15) is 0 Å². The Morgan fingerprint density at radius 3 is 3.12 bits per heavy atom. The van der Waals surface area contributed by atoms with E-state index in [-0.39, 0.29) is 0 Å². The number of thiazole rings is 1. The monoisotopic (exact) mass is 257 g/mol. The summed E-state index contributed by atoms with van der Waals surface area (Å²) in [4.78, 5) is 8.02. The normalized spacial score (nSPS) is 20.9. The van der Waals surface area contributed by atoms with Crippen molar-refractivity contribution in [3.8, 4) is 0 Å². The number of methoxy groups -OCH3 is 1. The first kappa shape index (κ1) is 12.8. The number of aromatic nitrogens is 1. The van der Waals surface area contributed by atoms with Crippen LogP contribution in [0.2, 0.25) is 0 Å². The Hall–Kier alpha value is -0.690. The molecule has 1 saturated heterocycles. The van der Waals surface area contributed by atoms with Crippen LogP contribution in [0.4, 0.5) is 5.13 Å². The van der Waals surface area contributed by atoms with E-state index in [1.165, 1.54) is 0 Å². The van der Waals surface area contributed by atoms with Gasteiger partial charge in [0.1, 0.15) is 0 Å². The Morgan fingerprint density at radius 1 is 1.65 bits per heavy atom. The van der Waals surface area contributed by atoms with Gasteiger partial charge in [-0.05, 0) is 6.92 Å². The van der Waals surface area contributed by atoms with Gasteiger partial charge in [-0.1, -0.05) is 0 Å². The molecule has 0 aromatic carbocycles. The van der Waals surface area contributed by atoms with E-state index < -0.39 is 0 Å². The molecule has 1 aliphatic heterocycles. The molecule has 1 atom stereocenters. The number of hydrogen-bond donors (Lipinski definition) is 1. The lowest BCUT2D eigenvalue weighted by Crippen LogP contribution is -2.43. The van der Waals surface area contributed by atoms with Gasteiger partial charge >= 0.3 is 0 Å². The van der Waals surface area contributed by atoms with E-state index in [0.717, 1.165) is 35.5 Å². The summed E-state index contributed by atoms with van der Waals surface area (Å²) in [6, 6.07) is 0.371. The van der Waals surface area contributed by atoms with Crippen LogP contribution in [0.3, 0.4) is 0 Å². The average molecular weight is 257 g/mol. The Morgan fingerprint density at radius 2 is 2.47 bits per heavy atom. The number of nitrogens with zero attached hydrogens (tertiary/aromatic N) is 2. The van der Waals surface area contributed by atoms with Crippen LogP contribution in [0.5, 0.6) is 0 Å². The van der Waals surface area contributed by atoms with Crippen molar-refractivity contribution in [1.29, 1.82) is 0 Å². The van der Waals surface area contributed by atoms with Crippen LogP contribution >= 0.6 is 11.3 Å². The predicted molar refractivity (Wildman–Crippen MR) is 68.3 cm³/mol. The summed E-state index contributed by atoms with van der Waals surface area (Å²) in [5.74, 6) is 0. The smallest absolute Gasteiger partial charge is 0.186 e. The van der Waals surface area contributed by atoms with Crippen molar-refractivity contribution in [3.05, 3.63) is 10.6 Å². The fourth-order valence-electron chi connectivity index (χ4n) is 1.91. The highest BCUT2D eigenvalue weighted by Crippen LogP contribution is 2.28. The zero-order chi connectivity index (χ0) is 12.3. The lowest BCUT2D eigenvalue weighted by molar-refractivity contribution is 0.0988. The second-order valence-electron chi connectivity index (χ2n) is 4.12. The SMILES string of the molecule is COCc1nc(N2CCOCC2C)sc1CN. The topological polar surface area (TPSA) is 60.6 Å². The van der Waals surface area contributed by atoms with E-state index in [1.807, 2.05) is 0 Å². The van der Waals surface area contributed by atoms with Gasteiger partial charge in [0.2, 0.25) is 0 Å². The molecule has 0 saturated carbocycles. The molecule has 0 radical (unpaired) electrons. The minimum atomic E-state index is 0.371. The zero-order valence-corrected chi connectivity index (χ0v) is 11.1. The van der Waals surface area contributed by atoms with E-state index in [9.17, 15) is 0 Å². The maximum Gasteiger partial charge on any atom is 0.186 e. The van der Waals surface area contributed by atoms with Crippen LogP contribution in [-0.2, 0) is 22.6 Å². The molecule has 6 heteroatoms. The second kappa shape index (κ2) is 5.77.